The van der Waals surface area contributed by atoms with E-state index in [2.05, 4.69) is 30.8 Å². The van der Waals surface area contributed by atoms with Crippen LogP contribution in [0, 0.1) is 20.8 Å². The monoisotopic (exact) mass is 343 g/mol. The Labute approximate surface area is 150 Å². The van der Waals surface area contributed by atoms with Gasteiger partial charge < -0.3 is 9.84 Å². The van der Waals surface area contributed by atoms with E-state index < -0.39 is 6.10 Å². The summed E-state index contributed by atoms with van der Waals surface area (Å²) in [7, 11) is 2.00. The fourth-order valence-electron chi connectivity index (χ4n) is 3.79. The third-order valence-corrected chi connectivity index (χ3v) is 5.17. The van der Waals surface area contributed by atoms with Crippen molar-refractivity contribution in [2.45, 2.75) is 45.8 Å². The van der Waals surface area contributed by atoms with Gasteiger partial charge >= 0.3 is 0 Å². The van der Waals surface area contributed by atoms with Crippen molar-refractivity contribution in [1.82, 2.24) is 14.7 Å². The molecule has 5 nitrogen and oxygen atoms in total. The topological polar surface area (TPSA) is 50.5 Å². The standard InChI is InChI=1S/C20H29N3O2/c1-14-7-9-18(10-8-14)25-13-17(24)12-23-11-5-6-19(23)20-15(2)21-22(4)16(20)3/h7-10,17,19,24H,5-6,11-13H2,1-4H3/t17-,19+/m0/s1. The van der Waals surface area contributed by atoms with Crippen molar-refractivity contribution in [1.29, 1.82) is 0 Å². The second-order valence-corrected chi connectivity index (χ2v) is 7.14. The number of ether oxygens (including phenoxy) is 1. The first-order valence-electron chi connectivity index (χ1n) is 9.07. The Morgan fingerprint density at radius 3 is 2.60 bits per heavy atom. The van der Waals surface area contributed by atoms with Crippen molar-refractivity contribution in [3.63, 3.8) is 0 Å². The molecule has 3 rings (SSSR count). The molecule has 0 amide bonds. The molecule has 2 atom stereocenters. The van der Waals surface area contributed by atoms with Crippen LogP contribution < -0.4 is 4.74 Å². The molecule has 1 fully saturated rings. The van der Waals surface area contributed by atoms with Gasteiger partial charge in [0.15, 0.2) is 0 Å². The van der Waals surface area contributed by atoms with E-state index in [-0.39, 0.29) is 0 Å². The first-order chi connectivity index (χ1) is 12.0. The fraction of sp³-hybridized carbons (Fsp3) is 0.550. The van der Waals surface area contributed by atoms with E-state index in [0.717, 1.165) is 30.8 Å². The van der Waals surface area contributed by atoms with E-state index in [1.807, 2.05) is 36.0 Å². The van der Waals surface area contributed by atoms with Crippen LogP contribution in [0.25, 0.3) is 0 Å². The van der Waals surface area contributed by atoms with Crippen molar-refractivity contribution in [3.8, 4) is 5.75 Å². The highest BCUT2D eigenvalue weighted by atomic mass is 16.5. The molecule has 0 saturated carbocycles. The van der Waals surface area contributed by atoms with E-state index in [0.29, 0.717) is 19.2 Å². The van der Waals surface area contributed by atoms with Gasteiger partial charge in [0.25, 0.3) is 0 Å². The number of aliphatic hydroxyl groups excluding tert-OH is 1. The lowest BCUT2D eigenvalue weighted by Crippen LogP contribution is -2.35. The molecule has 136 valence electrons. The number of nitrogens with zero attached hydrogens (tertiary/aromatic N) is 3. The fourth-order valence-corrected chi connectivity index (χ4v) is 3.79. The molecule has 0 spiro atoms. The zero-order valence-electron chi connectivity index (χ0n) is 15.7. The van der Waals surface area contributed by atoms with E-state index in [4.69, 9.17) is 4.74 Å². The van der Waals surface area contributed by atoms with Crippen molar-refractivity contribution in [3.05, 3.63) is 46.8 Å². The van der Waals surface area contributed by atoms with Gasteiger partial charge in [-0.3, -0.25) is 9.58 Å². The Morgan fingerprint density at radius 2 is 1.96 bits per heavy atom. The smallest absolute Gasteiger partial charge is 0.119 e. The second-order valence-electron chi connectivity index (χ2n) is 7.14. The van der Waals surface area contributed by atoms with Crippen molar-refractivity contribution in [2.24, 2.45) is 7.05 Å². The molecular formula is C20H29N3O2. The van der Waals surface area contributed by atoms with Crippen LogP contribution in [0.1, 0.15) is 41.4 Å². The Balaban J connectivity index is 1.60. The molecular weight excluding hydrogens is 314 g/mol. The molecule has 1 saturated heterocycles. The molecule has 1 N–H and O–H groups in total. The molecule has 0 aliphatic carbocycles. The predicted octanol–water partition coefficient (Wildman–Crippen LogP) is 2.92. The zero-order chi connectivity index (χ0) is 18.0. The molecule has 1 aromatic carbocycles. The molecule has 2 heterocycles. The van der Waals surface area contributed by atoms with Gasteiger partial charge in [0.2, 0.25) is 0 Å². The van der Waals surface area contributed by atoms with E-state index in [9.17, 15) is 5.11 Å². The van der Waals surface area contributed by atoms with Crippen molar-refractivity contribution >= 4 is 0 Å². The maximum absolute atomic E-state index is 10.4. The van der Waals surface area contributed by atoms with Gasteiger partial charge in [-0.15, -0.1) is 0 Å². The van der Waals surface area contributed by atoms with Crippen molar-refractivity contribution < 1.29 is 9.84 Å². The lowest BCUT2D eigenvalue weighted by atomic mass is 10.0. The number of hydrogen-bond acceptors (Lipinski definition) is 4. The molecule has 0 bridgehead atoms. The van der Waals surface area contributed by atoms with Gasteiger partial charge in [0.05, 0.1) is 5.69 Å². The molecule has 1 aromatic heterocycles. The van der Waals surface area contributed by atoms with Gasteiger partial charge in [0.1, 0.15) is 18.5 Å². The van der Waals surface area contributed by atoms with Gasteiger partial charge in [-0.2, -0.15) is 5.10 Å². The predicted molar refractivity (Wildman–Crippen MR) is 98.9 cm³/mol. The minimum absolute atomic E-state index is 0.317. The summed E-state index contributed by atoms with van der Waals surface area (Å²) in [5.74, 6) is 0.807. The number of likely N-dealkylation sites (tertiary alicyclic amines) is 1. The highest BCUT2D eigenvalue weighted by molar-refractivity contribution is 5.29. The van der Waals surface area contributed by atoms with Crippen LogP contribution >= 0.6 is 0 Å². The zero-order valence-corrected chi connectivity index (χ0v) is 15.7. The first kappa shape index (κ1) is 18.0. The normalized spacial score (nSPS) is 19.3. The number of aliphatic hydroxyl groups is 1. The summed E-state index contributed by atoms with van der Waals surface area (Å²) in [5, 5.41) is 15.0. The molecule has 25 heavy (non-hydrogen) atoms. The number of rotatable bonds is 6. The number of hydrogen-bond donors (Lipinski definition) is 1. The van der Waals surface area contributed by atoms with E-state index in [1.54, 1.807) is 0 Å². The molecule has 5 heteroatoms. The second kappa shape index (κ2) is 7.58. The lowest BCUT2D eigenvalue weighted by molar-refractivity contribution is 0.0637. The van der Waals surface area contributed by atoms with Crippen LogP contribution in [0.15, 0.2) is 24.3 Å². The number of aryl methyl sites for hydroxylation is 3. The van der Waals surface area contributed by atoms with Crippen LogP contribution in [-0.4, -0.2) is 45.6 Å². The Morgan fingerprint density at radius 1 is 1.24 bits per heavy atom. The van der Waals surface area contributed by atoms with Crippen LogP contribution in [0.3, 0.4) is 0 Å². The summed E-state index contributed by atoms with van der Waals surface area (Å²) in [6.45, 7) is 8.22. The molecule has 2 aromatic rings. The van der Waals surface area contributed by atoms with E-state index >= 15 is 0 Å². The van der Waals surface area contributed by atoms with Crippen LogP contribution in [0.2, 0.25) is 0 Å². The third-order valence-electron chi connectivity index (χ3n) is 5.17. The van der Waals surface area contributed by atoms with E-state index in [1.165, 1.54) is 16.8 Å². The van der Waals surface area contributed by atoms with Gasteiger partial charge in [0, 0.05) is 30.9 Å². The molecule has 1 aliphatic heterocycles. The number of benzene rings is 1. The largest absolute Gasteiger partial charge is 0.491 e. The first-order valence-corrected chi connectivity index (χ1v) is 9.07. The Bertz CT molecular complexity index is 708. The minimum atomic E-state index is -0.501. The third kappa shape index (κ3) is 4.05. The van der Waals surface area contributed by atoms with Crippen molar-refractivity contribution in [2.75, 3.05) is 19.7 Å². The average Bonchev–Trinajstić information content (AvgIpc) is 3.11. The Hall–Kier alpha value is -1.85. The summed E-state index contributed by atoms with van der Waals surface area (Å²) < 4.78 is 7.69. The summed E-state index contributed by atoms with van der Waals surface area (Å²) in [6, 6.07) is 8.28. The van der Waals surface area contributed by atoms with Gasteiger partial charge in [-0.1, -0.05) is 17.7 Å². The van der Waals surface area contributed by atoms with Gasteiger partial charge in [-0.25, -0.2) is 0 Å². The van der Waals surface area contributed by atoms with Crippen LogP contribution in [0.5, 0.6) is 5.75 Å². The van der Waals surface area contributed by atoms with Crippen LogP contribution in [0.4, 0.5) is 0 Å². The van der Waals surface area contributed by atoms with Gasteiger partial charge in [-0.05, 0) is 52.3 Å². The quantitative estimate of drug-likeness (QED) is 0.876. The highest BCUT2D eigenvalue weighted by Crippen LogP contribution is 2.35. The summed E-state index contributed by atoms with van der Waals surface area (Å²) in [6.07, 6.45) is 1.78. The summed E-state index contributed by atoms with van der Waals surface area (Å²) >= 11 is 0. The number of aromatic nitrogens is 2. The SMILES string of the molecule is Cc1ccc(OC[C@@H](O)CN2CCC[C@@H]2c2c(C)nn(C)c2C)cc1. The maximum atomic E-state index is 10.4. The summed E-state index contributed by atoms with van der Waals surface area (Å²) in [4.78, 5) is 2.38. The maximum Gasteiger partial charge on any atom is 0.119 e. The highest BCUT2D eigenvalue weighted by Gasteiger charge is 2.31. The average molecular weight is 343 g/mol. The lowest BCUT2D eigenvalue weighted by Gasteiger charge is -2.27. The molecule has 0 unspecified atom stereocenters. The summed E-state index contributed by atoms with van der Waals surface area (Å²) in [5.41, 5.74) is 4.85. The number of β-amino-alcohol motifs (C(OH)–C–C–N with tert-alkyl or cyclic N) is 1. The molecule has 1 aliphatic rings. The Kier molecular flexibility index (Phi) is 5.45. The molecule has 0 radical (unpaired) electrons. The minimum Gasteiger partial charge on any atom is -0.491 e. The van der Waals surface area contributed by atoms with Crippen LogP contribution in [-0.2, 0) is 7.05 Å².